The summed E-state index contributed by atoms with van der Waals surface area (Å²) in [6.07, 6.45) is 9.63. The molecule has 5 heteroatoms. The largest absolute Gasteiger partial charge is 0.337 e. The molecular formula is C11H23O2PS2. The van der Waals surface area contributed by atoms with Gasteiger partial charge in [-0.25, -0.2) is 0 Å². The average Bonchev–Trinajstić information content (AvgIpc) is 2.25. The van der Waals surface area contributed by atoms with E-state index >= 15 is 0 Å². The Kier molecular flexibility index (Phi) is 7.58. The molecule has 1 atom stereocenters. The van der Waals surface area contributed by atoms with Gasteiger partial charge in [0.15, 0.2) is 0 Å². The van der Waals surface area contributed by atoms with Crippen molar-refractivity contribution in [2.45, 2.75) is 63.5 Å². The van der Waals surface area contributed by atoms with Crippen molar-refractivity contribution in [2.75, 3.05) is 6.61 Å². The quantitative estimate of drug-likeness (QED) is 0.551. The summed E-state index contributed by atoms with van der Waals surface area (Å²) in [5, 5.41) is 0.538. The smallest absolute Gasteiger partial charge is 0.245 e. The highest BCUT2D eigenvalue weighted by molar-refractivity contribution is 8.67. The minimum absolute atomic E-state index is 0.538. The minimum atomic E-state index is -2.55. The molecule has 0 radical (unpaired) electrons. The summed E-state index contributed by atoms with van der Waals surface area (Å²) in [5.41, 5.74) is -2.55. The molecule has 1 aliphatic carbocycles. The number of hydrogen-bond donors (Lipinski definition) is 1. The predicted molar refractivity (Wildman–Crippen MR) is 76.4 cm³/mol. The fourth-order valence-corrected chi connectivity index (χ4v) is 6.75. The van der Waals surface area contributed by atoms with Crippen molar-refractivity contribution >= 4 is 28.9 Å². The summed E-state index contributed by atoms with van der Waals surface area (Å²) in [7, 11) is 0. The van der Waals surface area contributed by atoms with E-state index < -0.39 is 5.69 Å². The summed E-state index contributed by atoms with van der Waals surface area (Å²) in [6, 6.07) is 0. The first-order valence-electron chi connectivity index (χ1n) is 6.30. The van der Waals surface area contributed by atoms with Crippen LogP contribution < -0.4 is 0 Å². The molecule has 0 amide bonds. The average molecular weight is 282 g/mol. The van der Waals surface area contributed by atoms with E-state index in [4.69, 9.17) is 16.3 Å². The Morgan fingerprint density at radius 3 is 2.62 bits per heavy atom. The van der Waals surface area contributed by atoms with Crippen LogP contribution in [0.3, 0.4) is 0 Å². The van der Waals surface area contributed by atoms with Gasteiger partial charge in [0, 0.05) is 5.25 Å². The van der Waals surface area contributed by atoms with Crippen LogP contribution in [0.5, 0.6) is 0 Å². The number of rotatable bonds is 7. The summed E-state index contributed by atoms with van der Waals surface area (Å²) in [6.45, 7) is 2.78. The van der Waals surface area contributed by atoms with Gasteiger partial charge in [-0.2, -0.15) is 0 Å². The third-order valence-electron chi connectivity index (χ3n) is 2.84. The van der Waals surface area contributed by atoms with Crippen LogP contribution in [0.1, 0.15) is 58.3 Å². The van der Waals surface area contributed by atoms with Crippen molar-refractivity contribution in [3.63, 3.8) is 0 Å². The van der Waals surface area contributed by atoms with E-state index in [1.807, 2.05) is 0 Å². The van der Waals surface area contributed by atoms with Gasteiger partial charge >= 0.3 is 0 Å². The van der Waals surface area contributed by atoms with Crippen LogP contribution in [0, 0.1) is 0 Å². The van der Waals surface area contributed by atoms with Gasteiger partial charge in [0.2, 0.25) is 5.69 Å². The maximum Gasteiger partial charge on any atom is 0.245 e. The van der Waals surface area contributed by atoms with Crippen LogP contribution in [0.4, 0.5) is 0 Å². The Labute approximate surface area is 108 Å². The topological polar surface area (TPSA) is 29.5 Å². The van der Waals surface area contributed by atoms with Crippen LogP contribution in [-0.2, 0) is 16.3 Å². The molecule has 1 unspecified atom stereocenters. The lowest BCUT2D eigenvalue weighted by atomic mass is 10.0. The van der Waals surface area contributed by atoms with Crippen LogP contribution in [0.25, 0.3) is 0 Å². The first-order chi connectivity index (χ1) is 7.64. The van der Waals surface area contributed by atoms with E-state index in [-0.39, 0.29) is 0 Å². The maximum absolute atomic E-state index is 10.0. The second-order valence-electron chi connectivity index (χ2n) is 4.37. The van der Waals surface area contributed by atoms with Gasteiger partial charge in [0.1, 0.15) is 0 Å². The molecular weight excluding hydrogens is 259 g/mol. The van der Waals surface area contributed by atoms with Crippen LogP contribution >= 0.6 is 17.1 Å². The number of hydrogen-bond acceptors (Lipinski definition) is 3. The lowest BCUT2D eigenvalue weighted by Crippen LogP contribution is -2.08. The standard InChI is InChI=1S/C11H23O2PS2/c1-2-3-7-10-13-14(12,15)16-11-8-5-4-6-9-11/h11H,2-10H2,1H3,(H,12,15). The molecule has 0 saturated heterocycles. The van der Waals surface area contributed by atoms with Crippen molar-refractivity contribution < 1.29 is 9.42 Å². The third-order valence-corrected chi connectivity index (χ3v) is 7.48. The van der Waals surface area contributed by atoms with E-state index in [1.54, 1.807) is 11.4 Å². The van der Waals surface area contributed by atoms with Crippen molar-refractivity contribution in [1.82, 2.24) is 0 Å². The molecule has 0 bridgehead atoms. The Bertz CT molecular complexity index is 230. The van der Waals surface area contributed by atoms with Crippen LogP contribution in [0.15, 0.2) is 0 Å². The fraction of sp³-hybridized carbons (Fsp3) is 1.00. The Morgan fingerprint density at radius 1 is 1.31 bits per heavy atom. The lowest BCUT2D eigenvalue weighted by Gasteiger charge is -2.24. The van der Waals surface area contributed by atoms with Gasteiger partial charge in [-0.15, -0.1) is 0 Å². The maximum atomic E-state index is 10.0. The monoisotopic (exact) mass is 282 g/mol. The fourth-order valence-electron chi connectivity index (χ4n) is 1.92. The molecule has 0 aromatic rings. The molecule has 1 rings (SSSR count). The second-order valence-corrected chi connectivity index (χ2v) is 10.7. The molecule has 0 aromatic carbocycles. The van der Waals surface area contributed by atoms with E-state index in [1.165, 1.54) is 38.5 Å². The van der Waals surface area contributed by atoms with Gasteiger partial charge in [-0.1, -0.05) is 50.4 Å². The molecule has 1 saturated carbocycles. The van der Waals surface area contributed by atoms with Crippen LogP contribution in [0.2, 0.25) is 0 Å². The number of unbranched alkanes of at least 4 members (excludes halogenated alkanes) is 2. The Hall–Kier alpha value is 0.920. The zero-order valence-corrected chi connectivity index (χ0v) is 12.6. The highest BCUT2D eigenvalue weighted by Gasteiger charge is 2.23. The van der Waals surface area contributed by atoms with Gasteiger partial charge in [0.25, 0.3) is 0 Å². The summed E-state index contributed by atoms with van der Waals surface area (Å²) in [5.74, 6) is 0. The zero-order valence-electron chi connectivity index (χ0n) is 10.1. The summed E-state index contributed by atoms with van der Waals surface area (Å²) < 4.78 is 5.48. The molecule has 1 fully saturated rings. The molecule has 2 nitrogen and oxygen atoms in total. The van der Waals surface area contributed by atoms with Crippen LogP contribution in [-0.4, -0.2) is 16.8 Å². The van der Waals surface area contributed by atoms with E-state index in [0.29, 0.717) is 11.9 Å². The van der Waals surface area contributed by atoms with Crippen molar-refractivity contribution in [1.29, 1.82) is 0 Å². The highest BCUT2D eigenvalue weighted by atomic mass is 32.9. The van der Waals surface area contributed by atoms with Gasteiger partial charge < -0.3 is 9.42 Å². The highest BCUT2D eigenvalue weighted by Crippen LogP contribution is 2.60. The van der Waals surface area contributed by atoms with Crippen molar-refractivity contribution in [3.05, 3.63) is 0 Å². The van der Waals surface area contributed by atoms with Crippen molar-refractivity contribution in [2.24, 2.45) is 0 Å². The predicted octanol–water partition coefficient (Wildman–Crippen LogP) is 4.48. The lowest BCUT2D eigenvalue weighted by molar-refractivity contribution is 0.309. The van der Waals surface area contributed by atoms with E-state index in [0.717, 1.165) is 12.8 Å². The molecule has 1 aliphatic rings. The van der Waals surface area contributed by atoms with Crippen molar-refractivity contribution in [3.8, 4) is 0 Å². The third kappa shape index (κ3) is 6.61. The molecule has 0 heterocycles. The zero-order chi connectivity index (χ0) is 11.9. The molecule has 16 heavy (non-hydrogen) atoms. The molecule has 1 N–H and O–H groups in total. The summed E-state index contributed by atoms with van der Waals surface area (Å²) >= 11 is 6.72. The van der Waals surface area contributed by atoms with Gasteiger partial charge in [-0.3, -0.25) is 0 Å². The Morgan fingerprint density at radius 2 is 2.00 bits per heavy atom. The molecule has 0 aliphatic heterocycles. The molecule has 0 spiro atoms. The second kappa shape index (κ2) is 8.10. The minimum Gasteiger partial charge on any atom is -0.337 e. The van der Waals surface area contributed by atoms with E-state index in [2.05, 4.69) is 6.92 Å². The normalized spacial score (nSPS) is 21.9. The van der Waals surface area contributed by atoms with E-state index in [9.17, 15) is 4.89 Å². The Balaban J connectivity index is 2.19. The van der Waals surface area contributed by atoms with Gasteiger partial charge in [0.05, 0.1) is 6.61 Å². The first kappa shape index (κ1) is 15.0. The summed E-state index contributed by atoms with van der Waals surface area (Å²) in [4.78, 5) is 10.0. The van der Waals surface area contributed by atoms with Gasteiger partial charge in [-0.05, 0) is 31.1 Å². The molecule has 96 valence electrons. The molecule has 0 aromatic heterocycles. The first-order valence-corrected chi connectivity index (χ1v) is 10.5. The SMILES string of the molecule is CCCCCOP(O)(=S)SC1CCCCC1.